The molecule has 1 fully saturated rings. The molecule has 1 heterocycles. The molecular weight excluding hydrogens is 602 g/mol. The Morgan fingerprint density at radius 3 is 2.14 bits per heavy atom. The van der Waals surface area contributed by atoms with Gasteiger partial charge in [0.2, 0.25) is 5.13 Å². The molecule has 0 radical (unpaired) electrons. The molecule has 1 aromatic heterocycles. The van der Waals surface area contributed by atoms with Gasteiger partial charge in [-0.15, -0.1) is 5.10 Å². The Hall–Kier alpha value is -3.79. The summed E-state index contributed by atoms with van der Waals surface area (Å²) in [6.07, 6.45) is 3.08. The minimum atomic E-state index is -1.40. The topological polar surface area (TPSA) is 187 Å². The first-order chi connectivity index (χ1) is 20.1. The number of urea groups is 1. The Morgan fingerprint density at radius 1 is 1.02 bits per heavy atom. The van der Waals surface area contributed by atoms with E-state index >= 15 is 0 Å². The van der Waals surface area contributed by atoms with E-state index < -0.39 is 55.3 Å². The molecule has 16 heteroatoms. The first-order valence-corrected chi connectivity index (χ1v) is 14.6. The third-order valence-electron chi connectivity index (χ3n) is 6.57. The molecule has 0 spiro atoms. The number of amides is 3. The molecule has 2 atom stereocenters. The lowest BCUT2D eigenvalue weighted by Crippen LogP contribution is -2.51. The summed E-state index contributed by atoms with van der Waals surface area (Å²) in [5.41, 5.74) is -1.95. The van der Waals surface area contributed by atoms with Crippen LogP contribution in [0.15, 0.2) is 25.3 Å². The summed E-state index contributed by atoms with van der Waals surface area (Å²) < 4.78 is 21.4. The number of carbonyl (C=O) groups is 5. The molecule has 0 bridgehead atoms. The lowest BCUT2D eigenvalue weighted by Gasteiger charge is -2.46. The van der Waals surface area contributed by atoms with Gasteiger partial charge in [-0.1, -0.05) is 45.3 Å². The van der Waals surface area contributed by atoms with Crippen LogP contribution >= 0.6 is 23.6 Å². The van der Waals surface area contributed by atoms with Crippen LogP contribution in [0.25, 0.3) is 0 Å². The second kappa shape index (κ2) is 15.6. The van der Waals surface area contributed by atoms with Crippen molar-refractivity contribution in [2.24, 2.45) is 16.2 Å². The summed E-state index contributed by atoms with van der Waals surface area (Å²) in [6.45, 7) is 12.8. The fourth-order valence-electron chi connectivity index (χ4n) is 5.09. The van der Waals surface area contributed by atoms with E-state index in [-0.39, 0.29) is 23.5 Å². The number of esters is 3. The maximum Gasteiger partial charge on any atom is 0.407 e. The van der Waals surface area contributed by atoms with Gasteiger partial charge in [0.25, 0.3) is 0 Å². The van der Waals surface area contributed by atoms with Crippen molar-refractivity contribution in [3.63, 3.8) is 0 Å². The van der Waals surface area contributed by atoms with Gasteiger partial charge in [0, 0.05) is 31.7 Å². The number of nitrogens with zero attached hydrogens (tertiary/aromatic N) is 1. The van der Waals surface area contributed by atoms with Crippen LogP contribution in [0.1, 0.15) is 47.0 Å². The molecule has 2 rings (SSSR count). The van der Waals surface area contributed by atoms with Gasteiger partial charge < -0.3 is 29.6 Å². The van der Waals surface area contributed by atoms with Crippen LogP contribution < -0.4 is 16.0 Å². The quantitative estimate of drug-likeness (QED) is 0.101. The molecule has 1 aliphatic rings. The molecule has 238 valence electrons. The molecule has 2 unspecified atom stereocenters. The highest BCUT2D eigenvalue weighted by atomic mass is 32.1. The van der Waals surface area contributed by atoms with Gasteiger partial charge in [-0.05, 0) is 42.3 Å². The number of alkyl carbamates (subject to hydrolysis) is 1. The number of hydrogen-bond acceptors (Lipinski definition) is 12. The van der Waals surface area contributed by atoms with Crippen molar-refractivity contribution in [2.75, 3.05) is 38.3 Å². The molecular formula is C27H39N5O9S2. The predicted molar refractivity (Wildman–Crippen MR) is 160 cm³/mol. The molecule has 1 aliphatic carbocycles. The molecule has 4 N–H and O–H groups in total. The lowest BCUT2D eigenvalue weighted by molar-refractivity contribution is -0.160. The van der Waals surface area contributed by atoms with E-state index in [1.165, 1.54) is 6.92 Å². The van der Waals surface area contributed by atoms with Gasteiger partial charge in [-0.3, -0.25) is 15.2 Å². The Labute approximate surface area is 258 Å². The van der Waals surface area contributed by atoms with E-state index in [2.05, 4.69) is 53.2 Å². The van der Waals surface area contributed by atoms with Crippen LogP contribution in [0.5, 0.6) is 0 Å². The summed E-state index contributed by atoms with van der Waals surface area (Å²) >= 11 is 6.12. The zero-order chi connectivity index (χ0) is 32.3. The van der Waals surface area contributed by atoms with Crippen molar-refractivity contribution >= 4 is 58.7 Å². The van der Waals surface area contributed by atoms with Gasteiger partial charge in [-0.25, -0.2) is 19.2 Å². The summed E-state index contributed by atoms with van der Waals surface area (Å²) in [4.78, 5) is 60.5. The van der Waals surface area contributed by atoms with Crippen molar-refractivity contribution in [1.29, 1.82) is 0 Å². The molecule has 43 heavy (non-hydrogen) atoms. The Kier molecular flexibility index (Phi) is 12.9. The van der Waals surface area contributed by atoms with Gasteiger partial charge in [0.05, 0.1) is 0 Å². The van der Waals surface area contributed by atoms with Gasteiger partial charge in [0.15, 0.2) is 3.95 Å². The monoisotopic (exact) mass is 641 g/mol. The number of H-pyrrole nitrogens is 1. The second-order valence-electron chi connectivity index (χ2n) is 11.6. The lowest BCUT2D eigenvalue weighted by atomic mass is 9.62. The van der Waals surface area contributed by atoms with Gasteiger partial charge >= 0.3 is 30.0 Å². The average Bonchev–Trinajstić information content (AvgIpc) is 3.33. The number of ether oxygens (including phenoxy) is 4. The Bertz CT molecular complexity index is 1240. The van der Waals surface area contributed by atoms with E-state index in [0.29, 0.717) is 28.5 Å². The summed E-state index contributed by atoms with van der Waals surface area (Å²) in [5, 5.41) is 15.3. The highest BCUT2D eigenvalue weighted by Gasteiger charge is 2.43. The van der Waals surface area contributed by atoms with Crippen molar-refractivity contribution < 1.29 is 42.9 Å². The van der Waals surface area contributed by atoms with Crippen LogP contribution in [0.4, 0.5) is 14.7 Å². The smallest absolute Gasteiger partial charge is 0.407 e. The zero-order valence-corrected chi connectivity index (χ0v) is 26.4. The molecule has 0 aliphatic heterocycles. The summed E-state index contributed by atoms with van der Waals surface area (Å²) in [6, 6.07) is -0.729. The normalized spacial score (nSPS) is 19.2. The molecule has 0 saturated heterocycles. The van der Waals surface area contributed by atoms with Gasteiger partial charge in [0.1, 0.15) is 31.8 Å². The number of hydrogen-bond donors (Lipinski definition) is 4. The van der Waals surface area contributed by atoms with Gasteiger partial charge in [-0.2, -0.15) is 0 Å². The van der Waals surface area contributed by atoms with E-state index in [9.17, 15) is 24.0 Å². The molecule has 14 nitrogen and oxygen atoms in total. The highest BCUT2D eigenvalue weighted by Crippen LogP contribution is 2.45. The van der Waals surface area contributed by atoms with Crippen LogP contribution in [0.2, 0.25) is 0 Å². The van der Waals surface area contributed by atoms with Crippen LogP contribution in [-0.4, -0.2) is 79.2 Å². The van der Waals surface area contributed by atoms with Crippen molar-refractivity contribution in [3.05, 3.63) is 29.3 Å². The molecule has 0 aromatic carbocycles. The second-order valence-corrected chi connectivity index (χ2v) is 13.3. The number of nitrogens with one attached hydrogen (secondary N) is 4. The zero-order valence-electron chi connectivity index (χ0n) is 24.7. The minimum Gasteiger partial charge on any atom is -0.465 e. The third kappa shape index (κ3) is 12.5. The first-order valence-electron chi connectivity index (χ1n) is 13.3. The maximum atomic E-state index is 13.0. The number of aromatic nitrogens is 2. The molecule has 1 saturated carbocycles. The number of aromatic amines is 1. The standard InChI is InChI=1S/C27H39N5O9S2/c1-7-19(34)39-14-27(13-38-17(3)33,15-40-20(35)8-2)16-41-23(37)29-18-9-25(4,5)11-26(6,10-18)12-28-21(36)30-22-31-32-24(42)43-22/h7-8,18H,1-2,9-16H2,3-6H3,(H,29,37)(H,32,42)(H2,28,30,31,36). The van der Waals surface area contributed by atoms with Crippen LogP contribution in [0, 0.1) is 20.2 Å². The van der Waals surface area contributed by atoms with E-state index in [0.717, 1.165) is 29.9 Å². The van der Waals surface area contributed by atoms with E-state index in [1.54, 1.807) is 0 Å². The fraction of sp³-hybridized carbons (Fsp3) is 0.593. The maximum absolute atomic E-state index is 13.0. The van der Waals surface area contributed by atoms with Crippen molar-refractivity contribution in [3.8, 4) is 0 Å². The number of anilines is 1. The summed E-state index contributed by atoms with van der Waals surface area (Å²) in [7, 11) is 0. The third-order valence-corrected chi connectivity index (χ3v) is 7.57. The Balaban J connectivity index is 2.07. The van der Waals surface area contributed by atoms with Crippen LogP contribution in [0.3, 0.4) is 0 Å². The Morgan fingerprint density at radius 2 is 1.60 bits per heavy atom. The average molecular weight is 642 g/mol. The minimum absolute atomic E-state index is 0.179. The van der Waals surface area contributed by atoms with Crippen molar-refractivity contribution in [1.82, 2.24) is 20.8 Å². The van der Waals surface area contributed by atoms with Crippen molar-refractivity contribution in [2.45, 2.75) is 53.0 Å². The number of carbonyl (C=O) groups excluding carboxylic acids is 5. The first kappa shape index (κ1) is 35.4. The highest BCUT2D eigenvalue weighted by molar-refractivity contribution is 7.73. The predicted octanol–water partition coefficient (Wildman–Crippen LogP) is 3.64. The largest absolute Gasteiger partial charge is 0.465 e. The molecule has 1 aromatic rings. The van der Waals surface area contributed by atoms with Crippen LogP contribution in [-0.2, 0) is 33.3 Å². The van der Waals surface area contributed by atoms with E-state index in [1.807, 2.05) is 6.92 Å². The number of rotatable bonds is 14. The molecule has 3 amide bonds. The fourth-order valence-corrected chi connectivity index (χ4v) is 5.87. The van der Waals surface area contributed by atoms with E-state index in [4.69, 9.17) is 31.2 Å². The summed E-state index contributed by atoms with van der Waals surface area (Å²) in [5.74, 6) is -2.18. The SMILES string of the molecule is C=CC(=O)OCC(COC(C)=O)(COC(=O)C=C)COC(=O)NC1CC(C)(C)CC(C)(CNC(=O)Nc2n[nH]c(=S)s2)C1.